The fourth-order valence-corrected chi connectivity index (χ4v) is 8.62. The van der Waals surface area contributed by atoms with Crippen molar-refractivity contribution in [2.24, 2.45) is 5.41 Å². The number of aromatic amines is 1. The number of benzene rings is 2. The quantitative estimate of drug-likeness (QED) is 0.394. The Morgan fingerprint density at radius 2 is 1.79 bits per heavy atom. The predicted octanol–water partition coefficient (Wildman–Crippen LogP) is 2.67. The van der Waals surface area contributed by atoms with E-state index >= 15 is 0 Å². The van der Waals surface area contributed by atoms with Crippen molar-refractivity contribution in [2.75, 3.05) is 40.0 Å². The van der Waals surface area contributed by atoms with Gasteiger partial charge in [0.15, 0.2) is 0 Å². The molecule has 3 aliphatic heterocycles. The Hall–Kier alpha value is -4.01. The highest BCUT2D eigenvalue weighted by Gasteiger charge is 2.52. The molecule has 4 heterocycles. The third-order valence-electron chi connectivity index (χ3n) is 9.37. The second kappa shape index (κ2) is 12.2. The average molecular weight is 670 g/mol. The third-order valence-corrected chi connectivity index (χ3v) is 11.4. The summed E-state index contributed by atoms with van der Waals surface area (Å²) < 4.78 is 53.5. The summed E-state index contributed by atoms with van der Waals surface area (Å²) in [5.41, 5.74) is 0.710. The second-order valence-corrected chi connectivity index (χ2v) is 15.4. The Bertz CT molecular complexity index is 1840. The first kappa shape index (κ1) is 32.9. The van der Waals surface area contributed by atoms with E-state index in [4.69, 9.17) is 9.47 Å². The summed E-state index contributed by atoms with van der Waals surface area (Å²) in [4.78, 5) is 47.7. The standard InChI is InChI=1S/C33H40FN5O7S/c1-19-6-8-24(45-5)15-28(19)47(43,44)39-10-11-46-18-27(39)31(41)37-16-23-14-22(37)17-38(23)32(42)29(33(2,3)4)36-30(40)26-13-20-12-21(34)7-9-25(20)35-26/h6-9,12-13,15,22-23,27,29,35H,10-11,14,16-18H2,1-5H3,(H,36,40)/t22-,23-,27-,29+/m0/s1. The average Bonchev–Trinajstić information content (AvgIpc) is 3.77. The molecule has 47 heavy (non-hydrogen) atoms. The number of amides is 3. The van der Waals surface area contributed by atoms with Crippen molar-refractivity contribution in [2.45, 2.75) is 63.2 Å². The van der Waals surface area contributed by atoms with E-state index in [2.05, 4.69) is 10.3 Å². The lowest BCUT2D eigenvalue weighted by atomic mass is 9.85. The van der Waals surface area contributed by atoms with Gasteiger partial charge in [-0.3, -0.25) is 14.4 Å². The fourth-order valence-electron chi connectivity index (χ4n) is 6.83. The number of aromatic nitrogens is 1. The van der Waals surface area contributed by atoms with E-state index in [-0.39, 0.29) is 67.3 Å². The van der Waals surface area contributed by atoms with Crippen molar-refractivity contribution < 1.29 is 36.7 Å². The molecule has 2 aromatic carbocycles. The van der Waals surface area contributed by atoms with Gasteiger partial charge in [0, 0.05) is 36.6 Å². The van der Waals surface area contributed by atoms with Gasteiger partial charge in [-0.1, -0.05) is 26.8 Å². The molecule has 0 saturated carbocycles. The Balaban J connectivity index is 1.16. The lowest BCUT2D eigenvalue weighted by Gasteiger charge is -2.41. The molecular formula is C33H40FN5O7S. The molecule has 3 amide bonds. The van der Waals surface area contributed by atoms with Crippen LogP contribution in [0.2, 0.25) is 0 Å². The molecule has 2 bridgehead atoms. The van der Waals surface area contributed by atoms with E-state index in [0.717, 1.165) is 0 Å². The topological polar surface area (TPSA) is 141 Å². The first-order valence-corrected chi connectivity index (χ1v) is 17.1. The zero-order chi connectivity index (χ0) is 33.8. The number of carbonyl (C=O) groups excluding carboxylic acids is 3. The van der Waals surface area contributed by atoms with Gasteiger partial charge in [-0.15, -0.1) is 0 Å². The first-order chi connectivity index (χ1) is 22.2. The van der Waals surface area contributed by atoms with Crippen LogP contribution in [-0.2, 0) is 24.3 Å². The number of sulfonamides is 1. The molecule has 4 atom stereocenters. The second-order valence-electron chi connectivity index (χ2n) is 13.5. The number of aryl methyl sites for hydroxylation is 1. The molecule has 6 rings (SSSR count). The van der Waals surface area contributed by atoms with E-state index < -0.39 is 39.2 Å². The van der Waals surface area contributed by atoms with Crippen LogP contribution in [0, 0.1) is 18.2 Å². The van der Waals surface area contributed by atoms with Crippen LogP contribution in [0.25, 0.3) is 10.9 Å². The number of carbonyl (C=O) groups is 3. The summed E-state index contributed by atoms with van der Waals surface area (Å²) >= 11 is 0. The summed E-state index contributed by atoms with van der Waals surface area (Å²) in [5.74, 6) is -1.12. The van der Waals surface area contributed by atoms with Gasteiger partial charge in [0.2, 0.25) is 21.8 Å². The molecular weight excluding hydrogens is 629 g/mol. The van der Waals surface area contributed by atoms with Gasteiger partial charge in [-0.05, 0) is 54.7 Å². The number of nitrogens with one attached hydrogen (secondary N) is 2. The predicted molar refractivity (Wildman–Crippen MR) is 171 cm³/mol. The first-order valence-electron chi connectivity index (χ1n) is 15.6. The summed E-state index contributed by atoms with van der Waals surface area (Å²) in [7, 11) is -2.60. The van der Waals surface area contributed by atoms with Crippen molar-refractivity contribution in [3.63, 3.8) is 0 Å². The van der Waals surface area contributed by atoms with Gasteiger partial charge in [-0.25, -0.2) is 12.8 Å². The number of ether oxygens (including phenoxy) is 2. The SMILES string of the molecule is COc1ccc(C)c(S(=O)(=O)N2CCOC[C@H]2C(=O)N2C[C@@H]3C[C@H]2CN3C(=O)[C@@H](NC(=O)c2cc3cc(F)ccc3[nH]2)C(C)(C)C)c1. The Morgan fingerprint density at radius 1 is 1.06 bits per heavy atom. The molecule has 0 aliphatic carbocycles. The minimum absolute atomic E-state index is 0.0280. The molecule has 0 unspecified atom stereocenters. The number of halogens is 1. The van der Waals surface area contributed by atoms with Crippen LogP contribution in [0.15, 0.2) is 47.4 Å². The Kier molecular flexibility index (Phi) is 8.56. The van der Waals surface area contributed by atoms with Gasteiger partial charge in [0.05, 0.1) is 37.3 Å². The lowest BCUT2D eigenvalue weighted by Crippen LogP contribution is -2.62. The number of likely N-dealkylation sites (tertiary alicyclic amines) is 2. The van der Waals surface area contributed by atoms with Crippen molar-refractivity contribution in [3.05, 3.63) is 59.5 Å². The Morgan fingerprint density at radius 3 is 2.47 bits per heavy atom. The van der Waals surface area contributed by atoms with Crippen LogP contribution in [0.5, 0.6) is 5.75 Å². The minimum Gasteiger partial charge on any atom is -0.497 e. The van der Waals surface area contributed by atoms with E-state index in [1.807, 2.05) is 20.8 Å². The Labute approximate surface area is 273 Å². The van der Waals surface area contributed by atoms with Gasteiger partial charge < -0.3 is 29.6 Å². The monoisotopic (exact) mass is 669 g/mol. The largest absolute Gasteiger partial charge is 0.497 e. The summed E-state index contributed by atoms with van der Waals surface area (Å²) in [6, 6.07) is 8.04. The summed E-state index contributed by atoms with van der Waals surface area (Å²) in [5, 5.41) is 3.43. The molecule has 3 fully saturated rings. The molecule has 12 nitrogen and oxygen atoms in total. The van der Waals surface area contributed by atoms with Gasteiger partial charge >= 0.3 is 0 Å². The van der Waals surface area contributed by atoms with E-state index in [9.17, 15) is 27.2 Å². The highest BCUT2D eigenvalue weighted by atomic mass is 32.2. The maximum absolute atomic E-state index is 14.0. The molecule has 3 aliphatic rings. The van der Waals surface area contributed by atoms with Crippen LogP contribution in [0.4, 0.5) is 4.39 Å². The number of hydrogen-bond donors (Lipinski definition) is 2. The number of methoxy groups -OCH3 is 1. The molecule has 1 aromatic heterocycles. The van der Waals surface area contributed by atoms with Gasteiger partial charge in [-0.2, -0.15) is 4.31 Å². The molecule has 0 spiro atoms. The van der Waals surface area contributed by atoms with Crippen LogP contribution >= 0.6 is 0 Å². The number of fused-ring (bicyclic) bond motifs is 3. The lowest BCUT2D eigenvalue weighted by molar-refractivity contribution is -0.146. The van der Waals surface area contributed by atoms with Crippen LogP contribution in [-0.4, -0.2) is 109 Å². The maximum atomic E-state index is 14.0. The normalized spacial score (nSPS) is 22.5. The molecule has 2 N–H and O–H groups in total. The third kappa shape index (κ3) is 6.09. The van der Waals surface area contributed by atoms with Crippen molar-refractivity contribution in [1.29, 1.82) is 0 Å². The smallest absolute Gasteiger partial charge is 0.268 e. The highest BCUT2D eigenvalue weighted by Crippen LogP contribution is 2.35. The number of piperazine rings is 1. The fraction of sp³-hybridized carbons (Fsp3) is 0.485. The summed E-state index contributed by atoms with van der Waals surface area (Å²) in [6.07, 6.45) is 0.547. The number of hydrogen-bond acceptors (Lipinski definition) is 7. The molecule has 3 aromatic rings. The number of H-pyrrole nitrogens is 1. The highest BCUT2D eigenvalue weighted by molar-refractivity contribution is 7.89. The van der Waals surface area contributed by atoms with Crippen molar-refractivity contribution in [3.8, 4) is 5.75 Å². The number of morpholine rings is 1. The summed E-state index contributed by atoms with van der Waals surface area (Å²) in [6.45, 7) is 7.91. The van der Waals surface area contributed by atoms with E-state index in [1.165, 1.54) is 29.6 Å². The van der Waals surface area contributed by atoms with Crippen molar-refractivity contribution in [1.82, 2.24) is 24.4 Å². The van der Waals surface area contributed by atoms with Gasteiger partial charge in [0.1, 0.15) is 29.3 Å². The molecule has 3 saturated heterocycles. The molecule has 14 heteroatoms. The van der Waals surface area contributed by atoms with Crippen LogP contribution < -0.4 is 10.1 Å². The van der Waals surface area contributed by atoms with E-state index in [0.29, 0.717) is 28.6 Å². The zero-order valence-corrected chi connectivity index (χ0v) is 27.9. The number of rotatable bonds is 7. The molecule has 252 valence electrons. The van der Waals surface area contributed by atoms with Gasteiger partial charge in [0.25, 0.3) is 5.91 Å². The van der Waals surface area contributed by atoms with Crippen molar-refractivity contribution >= 4 is 38.6 Å². The van der Waals surface area contributed by atoms with Crippen LogP contribution in [0.3, 0.4) is 0 Å². The molecule has 0 radical (unpaired) electrons. The number of nitrogens with zero attached hydrogens (tertiary/aromatic N) is 3. The van der Waals surface area contributed by atoms with Crippen LogP contribution in [0.1, 0.15) is 43.2 Å². The zero-order valence-electron chi connectivity index (χ0n) is 27.1. The maximum Gasteiger partial charge on any atom is 0.268 e. The minimum atomic E-state index is -4.06. The van der Waals surface area contributed by atoms with E-state index in [1.54, 1.807) is 41.0 Å².